The summed E-state index contributed by atoms with van der Waals surface area (Å²) in [4.78, 5) is 12.3. The number of rotatable bonds is 9. The predicted octanol–water partition coefficient (Wildman–Crippen LogP) is 2.57. The quantitative estimate of drug-likeness (QED) is 0.707. The van der Waals surface area contributed by atoms with Gasteiger partial charge in [0.05, 0.1) is 10.6 Å². The summed E-state index contributed by atoms with van der Waals surface area (Å²) in [6, 6.07) is 6.62. The number of benzene rings is 1. The van der Waals surface area contributed by atoms with Gasteiger partial charge in [0.15, 0.2) is 0 Å². The minimum Gasteiger partial charge on any atom is -0.361 e. The van der Waals surface area contributed by atoms with Crippen LogP contribution in [-0.2, 0) is 27.8 Å². The maximum atomic E-state index is 12.5. The lowest BCUT2D eigenvalue weighted by Gasteiger charge is -2.18. The molecule has 1 N–H and O–H groups in total. The smallest absolute Gasteiger partial charge is 0.243 e. The first-order valence-corrected chi connectivity index (χ1v) is 10.5. The minimum atomic E-state index is -3.46. The summed E-state index contributed by atoms with van der Waals surface area (Å²) in [5.74, 6) is 0.667. The highest BCUT2D eigenvalue weighted by Gasteiger charge is 2.21. The van der Waals surface area contributed by atoms with E-state index in [0.717, 1.165) is 22.6 Å². The van der Waals surface area contributed by atoms with E-state index in [0.29, 0.717) is 32.5 Å². The van der Waals surface area contributed by atoms with E-state index in [9.17, 15) is 13.2 Å². The molecule has 0 aliphatic carbocycles. The fraction of sp³-hybridized carbons (Fsp3) is 0.474. The van der Waals surface area contributed by atoms with Crippen LogP contribution >= 0.6 is 0 Å². The van der Waals surface area contributed by atoms with Crippen molar-refractivity contribution in [2.45, 2.75) is 52.0 Å². The molecular weight excluding hydrogens is 366 g/mol. The molecule has 1 aromatic heterocycles. The number of hydrogen-bond acceptors (Lipinski definition) is 5. The molecule has 8 heteroatoms. The summed E-state index contributed by atoms with van der Waals surface area (Å²) in [5, 5.41) is 6.73. The van der Waals surface area contributed by atoms with Crippen LogP contribution in [0.5, 0.6) is 0 Å². The molecule has 2 aromatic rings. The van der Waals surface area contributed by atoms with Crippen LogP contribution in [0.3, 0.4) is 0 Å². The number of hydrogen-bond donors (Lipinski definition) is 1. The van der Waals surface area contributed by atoms with Crippen LogP contribution in [0.1, 0.15) is 42.8 Å². The number of nitrogens with zero attached hydrogens (tertiary/aromatic N) is 2. The summed E-state index contributed by atoms with van der Waals surface area (Å²) in [5.41, 5.74) is 2.63. The van der Waals surface area contributed by atoms with Crippen LogP contribution in [-0.4, -0.2) is 36.9 Å². The largest absolute Gasteiger partial charge is 0.361 e. The fourth-order valence-electron chi connectivity index (χ4n) is 2.88. The van der Waals surface area contributed by atoms with E-state index in [2.05, 4.69) is 10.5 Å². The van der Waals surface area contributed by atoms with E-state index in [1.54, 1.807) is 24.3 Å². The highest BCUT2D eigenvalue weighted by atomic mass is 32.2. The molecule has 0 aliphatic heterocycles. The highest BCUT2D eigenvalue weighted by molar-refractivity contribution is 7.89. The Kier molecular flexibility index (Phi) is 7.15. The first kappa shape index (κ1) is 21.1. The van der Waals surface area contributed by atoms with Crippen LogP contribution in [0.15, 0.2) is 33.7 Å². The summed E-state index contributed by atoms with van der Waals surface area (Å²) in [6.07, 6.45) is 0.922. The van der Waals surface area contributed by atoms with Gasteiger partial charge in [-0.3, -0.25) is 4.79 Å². The molecule has 0 atom stereocenters. The maximum Gasteiger partial charge on any atom is 0.243 e. The number of sulfonamides is 1. The Morgan fingerprint density at radius 1 is 1.15 bits per heavy atom. The van der Waals surface area contributed by atoms with E-state index >= 15 is 0 Å². The summed E-state index contributed by atoms with van der Waals surface area (Å²) < 4.78 is 31.4. The molecule has 2 rings (SSSR count). The van der Waals surface area contributed by atoms with Gasteiger partial charge in [-0.05, 0) is 38.0 Å². The Balaban J connectivity index is 1.90. The van der Waals surface area contributed by atoms with E-state index in [1.165, 1.54) is 4.31 Å². The zero-order valence-electron chi connectivity index (χ0n) is 16.3. The molecule has 1 amide bonds. The average molecular weight is 394 g/mol. The lowest BCUT2D eigenvalue weighted by atomic mass is 10.1. The Hall–Kier alpha value is -2.19. The van der Waals surface area contributed by atoms with Crippen LogP contribution in [0.2, 0.25) is 0 Å². The first-order valence-electron chi connectivity index (χ1n) is 9.07. The third-order valence-corrected chi connectivity index (χ3v) is 6.60. The van der Waals surface area contributed by atoms with E-state index in [4.69, 9.17) is 4.52 Å². The predicted molar refractivity (Wildman–Crippen MR) is 103 cm³/mol. The minimum absolute atomic E-state index is 0.0742. The Morgan fingerprint density at radius 3 is 2.30 bits per heavy atom. The topological polar surface area (TPSA) is 92.5 Å². The Bertz CT molecular complexity index is 849. The van der Waals surface area contributed by atoms with E-state index in [1.807, 2.05) is 27.7 Å². The molecule has 148 valence electrons. The van der Waals surface area contributed by atoms with Crippen LogP contribution in [0.4, 0.5) is 0 Å². The van der Waals surface area contributed by atoms with E-state index in [-0.39, 0.29) is 10.8 Å². The molecule has 27 heavy (non-hydrogen) atoms. The van der Waals surface area contributed by atoms with Gasteiger partial charge in [0.1, 0.15) is 5.76 Å². The second-order valence-electron chi connectivity index (χ2n) is 6.31. The van der Waals surface area contributed by atoms with Gasteiger partial charge in [-0.25, -0.2) is 8.42 Å². The standard InChI is InChI=1S/C19H27N3O4S/c1-5-22(6-2)27(24,25)17-9-7-16(8-10-17)13-20-19(23)12-11-18-14(3)21-26-15(18)4/h7-10H,5-6,11-13H2,1-4H3,(H,20,23). The van der Waals surface area contributed by atoms with Crippen molar-refractivity contribution in [1.82, 2.24) is 14.8 Å². The number of nitrogens with one attached hydrogen (secondary N) is 1. The highest BCUT2D eigenvalue weighted by Crippen LogP contribution is 2.17. The zero-order valence-corrected chi connectivity index (χ0v) is 17.1. The van der Waals surface area contributed by atoms with Gasteiger partial charge in [-0.1, -0.05) is 31.1 Å². The van der Waals surface area contributed by atoms with Crippen LogP contribution in [0, 0.1) is 13.8 Å². The molecule has 1 aromatic carbocycles. The molecule has 0 saturated heterocycles. The lowest BCUT2D eigenvalue weighted by molar-refractivity contribution is -0.121. The summed E-state index contributed by atoms with van der Waals surface area (Å²) in [6.45, 7) is 8.54. The van der Waals surface area contributed by atoms with Gasteiger partial charge in [-0.2, -0.15) is 4.31 Å². The lowest BCUT2D eigenvalue weighted by Crippen LogP contribution is -2.30. The second-order valence-corrected chi connectivity index (χ2v) is 8.25. The number of aromatic nitrogens is 1. The van der Waals surface area contributed by atoms with Crippen molar-refractivity contribution in [3.63, 3.8) is 0 Å². The van der Waals surface area contributed by atoms with Crippen molar-refractivity contribution < 1.29 is 17.7 Å². The van der Waals surface area contributed by atoms with Gasteiger partial charge in [-0.15, -0.1) is 0 Å². The number of carbonyl (C=O) groups is 1. The second kappa shape index (κ2) is 9.14. The Morgan fingerprint density at radius 2 is 1.78 bits per heavy atom. The normalized spacial score (nSPS) is 11.7. The van der Waals surface area contributed by atoms with Crippen molar-refractivity contribution in [2.75, 3.05) is 13.1 Å². The third-order valence-electron chi connectivity index (χ3n) is 4.54. The molecule has 0 spiro atoms. The van der Waals surface area contributed by atoms with Crippen molar-refractivity contribution in [3.05, 3.63) is 46.8 Å². The van der Waals surface area contributed by atoms with Gasteiger partial charge >= 0.3 is 0 Å². The molecular formula is C19H27N3O4S. The zero-order chi connectivity index (χ0) is 20.0. The SMILES string of the molecule is CCN(CC)S(=O)(=O)c1ccc(CNC(=O)CCc2c(C)noc2C)cc1. The third kappa shape index (κ3) is 5.17. The molecule has 0 saturated carbocycles. The Labute approximate surface area is 160 Å². The van der Waals surface area contributed by atoms with Crippen molar-refractivity contribution in [2.24, 2.45) is 0 Å². The monoisotopic (exact) mass is 393 g/mol. The molecule has 0 fully saturated rings. The number of carbonyl (C=O) groups excluding carboxylic acids is 1. The molecule has 0 radical (unpaired) electrons. The van der Waals surface area contributed by atoms with E-state index < -0.39 is 10.0 Å². The van der Waals surface area contributed by atoms with Gasteiger partial charge < -0.3 is 9.84 Å². The number of aryl methyl sites for hydroxylation is 2. The van der Waals surface area contributed by atoms with Crippen molar-refractivity contribution in [3.8, 4) is 0 Å². The van der Waals surface area contributed by atoms with Gasteiger partial charge in [0.2, 0.25) is 15.9 Å². The van der Waals surface area contributed by atoms with Crippen molar-refractivity contribution >= 4 is 15.9 Å². The first-order chi connectivity index (χ1) is 12.8. The molecule has 0 bridgehead atoms. The van der Waals surface area contributed by atoms with Crippen LogP contribution < -0.4 is 5.32 Å². The fourth-order valence-corrected chi connectivity index (χ4v) is 4.34. The maximum absolute atomic E-state index is 12.5. The molecule has 1 heterocycles. The molecule has 7 nitrogen and oxygen atoms in total. The molecule has 0 unspecified atom stereocenters. The summed E-state index contributed by atoms with van der Waals surface area (Å²) in [7, 11) is -3.46. The average Bonchev–Trinajstić information content (AvgIpc) is 2.97. The van der Waals surface area contributed by atoms with Crippen LogP contribution in [0.25, 0.3) is 0 Å². The summed E-state index contributed by atoms with van der Waals surface area (Å²) >= 11 is 0. The van der Waals surface area contributed by atoms with Gasteiger partial charge in [0, 0.05) is 31.6 Å². The molecule has 0 aliphatic rings. The number of amides is 1. The van der Waals surface area contributed by atoms with Crippen molar-refractivity contribution in [1.29, 1.82) is 0 Å². The van der Waals surface area contributed by atoms with Gasteiger partial charge in [0.25, 0.3) is 0 Å².